The number of hydrogen-bond donors (Lipinski definition) is 2. The topological polar surface area (TPSA) is 54.9 Å². The van der Waals surface area contributed by atoms with E-state index in [9.17, 15) is 0 Å². The molecule has 0 fully saturated rings. The number of aliphatic imine (C=N–C) groups is 1. The van der Waals surface area contributed by atoms with Crippen LogP contribution in [-0.2, 0) is 6.54 Å². The predicted molar refractivity (Wildman–Crippen MR) is 113 cm³/mol. The van der Waals surface area contributed by atoms with Gasteiger partial charge in [0.2, 0.25) is 0 Å². The third kappa shape index (κ3) is 7.21. The van der Waals surface area contributed by atoms with Crippen LogP contribution in [0, 0.1) is 6.92 Å². The maximum atomic E-state index is 5.68. The number of nitrogens with zero attached hydrogens (tertiary/aromatic N) is 1. The second-order valence-corrected chi connectivity index (χ2v) is 5.30. The van der Waals surface area contributed by atoms with Crippen LogP contribution in [0.3, 0.4) is 0 Å². The Morgan fingerprint density at radius 2 is 1.68 bits per heavy atom. The lowest BCUT2D eigenvalue weighted by Crippen LogP contribution is -2.39. The van der Waals surface area contributed by atoms with Crippen molar-refractivity contribution in [3.8, 4) is 11.5 Å². The van der Waals surface area contributed by atoms with Gasteiger partial charge >= 0.3 is 0 Å². The monoisotopic (exact) mass is 455 g/mol. The molecule has 0 amide bonds. The van der Waals surface area contributed by atoms with Gasteiger partial charge in [0.25, 0.3) is 0 Å². The van der Waals surface area contributed by atoms with Crippen molar-refractivity contribution in [3.05, 3.63) is 59.7 Å². The van der Waals surface area contributed by atoms with E-state index >= 15 is 0 Å². The summed E-state index contributed by atoms with van der Waals surface area (Å²) in [5.74, 6) is 2.40. The minimum atomic E-state index is 0. The molecule has 0 unspecified atom stereocenters. The molecule has 25 heavy (non-hydrogen) atoms. The van der Waals surface area contributed by atoms with E-state index in [1.807, 2.05) is 36.4 Å². The number of nitrogens with one attached hydrogen (secondary N) is 2. The van der Waals surface area contributed by atoms with Gasteiger partial charge in [-0.3, -0.25) is 4.99 Å². The van der Waals surface area contributed by atoms with E-state index in [0.717, 1.165) is 24.0 Å². The van der Waals surface area contributed by atoms with E-state index in [4.69, 9.17) is 9.47 Å². The number of guanidine groups is 1. The zero-order valence-corrected chi connectivity index (χ0v) is 17.2. The van der Waals surface area contributed by atoms with Crippen molar-refractivity contribution < 1.29 is 9.47 Å². The first-order chi connectivity index (χ1) is 11.7. The van der Waals surface area contributed by atoms with Gasteiger partial charge in [-0.1, -0.05) is 24.3 Å². The summed E-state index contributed by atoms with van der Waals surface area (Å²) in [5.41, 5.74) is 2.53. The molecule has 5 nitrogen and oxygen atoms in total. The Bertz CT molecular complexity index is 660. The molecule has 0 spiro atoms. The first-order valence-corrected chi connectivity index (χ1v) is 7.99. The van der Waals surface area contributed by atoms with Crippen LogP contribution in [0.5, 0.6) is 11.5 Å². The Labute approximate surface area is 166 Å². The van der Waals surface area contributed by atoms with Crippen molar-refractivity contribution in [1.82, 2.24) is 10.6 Å². The smallest absolute Gasteiger partial charge is 0.191 e. The summed E-state index contributed by atoms with van der Waals surface area (Å²) >= 11 is 0. The Balaban J connectivity index is 0.00000312. The van der Waals surface area contributed by atoms with Crippen LogP contribution >= 0.6 is 24.0 Å². The third-order valence-corrected chi connectivity index (χ3v) is 3.65. The Kier molecular flexibility index (Phi) is 9.76. The van der Waals surface area contributed by atoms with Gasteiger partial charge in [-0.05, 0) is 42.3 Å². The molecule has 0 saturated carbocycles. The standard InChI is InChI=1S/C19H25N3O2.HI/c1-15-6-4-5-7-16(15)14-22-19(20-2)21-12-13-24-18-10-8-17(23-3)9-11-18;/h4-11H,12-14H2,1-3H3,(H2,20,21,22);1H. The minimum Gasteiger partial charge on any atom is -0.497 e. The maximum absolute atomic E-state index is 5.68. The van der Waals surface area contributed by atoms with E-state index in [2.05, 4.69) is 34.7 Å². The molecule has 0 aliphatic carbocycles. The van der Waals surface area contributed by atoms with Crippen molar-refractivity contribution in [2.75, 3.05) is 27.3 Å². The maximum Gasteiger partial charge on any atom is 0.191 e. The number of aryl methyl sites for hydroxylation is 1. The van der Waals surface area contributed by atoms with Crippen molar-refractivity contribution in [2.24, 2.45) is 4.99 Å². The number of ether oxygens (including phenoxy) is 2. The summed E-state index contributed by atoms with van der Waals surface area (Å²) in [6.45, 7) is 4.07. The fraction of sp³-hybridized carbons (Fsp3) is 0.316. The van der Waals surface area contributed by atoms with Crippen LogP contribution in [0.15, 0.2) is 53.5 Å². The number of benzene rings is 2. The van der Waals surface area contributed by atoms with Gasteiger partial charge in [0.05, 0.1) is 13.7 Å². The van der Waals surface area contributed by atoms with E-state index in [1.165, 1.54) is 11.1 Å². The summed E-state index contributed by atoms with van der Waals surface area (Å²) in [6.07, 6.45) is 0. The highest BCUT2D eigenvalue weighted by molar-refractivity contribution is 14.0. The molecule has 0 saturated heterocycles. The summed E-state index contributed by atoms with van der Waals surface area (Å²) in [5, 5.41) is 6.55. The number of hydrogen-bond acceptors (Lipinski definition) is 3. The molecule has 0 aromatic heterocycles. The lowest BCUT2D eigenvalue weighted by Gasteiger charge is -2.13. The quantitative estimate of drug-likeness (QED) is 0.291. The van der Waals surface area contributed by atoms with Gasteiger partial charge in [-0.25, -0.2) is 0 Å². The fourth-order valence-corrected chi connectivity index (χ4v) is 2.22. The summed E-state index contributed by atoms with van der Waals surface area (Å²) < 4.78 is 10.8. The van der Waals surface area contributed by atoms with E-state index in [0.29, 0.717) is 13.2 Å². The fourth-order valence-electron chi connectivity index (χ4n) is 2.22. The highest BCUT2D eigenvalue weighted by Gasteiger charge is 2.01. The van der Waals surface area contributed by atoms with Crippen LogP contribution in [0.25, 0.3) is 0 Å². The zero-order chi connectivity index (χ0) is 17.2. The Hall–Kier alpha value is -1.96. The first-order valence-electron chi connectivity index (χ1n) is 7.99. The van der Waals surface area contributed by atoms with Gasteiger partial charge in [0.1, 0.15) is 18.1 Å². The van der Waals surface area contributed by atoms with Crippen LogP contribution in [-0.4, -0.2) is 33.3 Å². The van der Waals surface area contributed by atoms with E-state index < -0.39 is 0 Å². The van der Waals surface area contributed by atoms with Crippen molar-refractivity contribution in [1.29, 1.82) is 0 Å². The normalized spacial score (nSPS) is 10.6. The van der Waals surface area contributed by atoms with Gasteiger partial charge in [-0.15, -0.1) is 24.0 Å². The van der Waals surface area contributed by atoms with Crippen molar-refractivity contribution in [3.63, 3.8) is 0 Å². The molecule has 2 aromatic carbocycles. The van der Waals surface area contributed by atoms with E-state index in [-0.39, 0.29) is 24.0 Å². The zero-order valence-electron chi connectivity index (χ0n) is 14.9. The highest BCUT2D eigenvalue weighted by Crippen LogP contribution is 2.16. The molecule has 0 aliphatic rings. The second-order valence-electron chi connectivity index (χ2n) is 5.30. The summed E-state index contributed by atoms with van der Waals surface area (Å²) in [6, 6.07) is 15.9. The van der Waals surface area contributed by atoms with Crippen LogP contribution < -0.4 is 20.1 Å². The number of methoxy groups -OCH3 is 1. The van der Waals surface area contributed by atoms with Crippen LogP contribution in [0.4, 0.5) is 0 Å². The lowest BCUT2D eigenvalue weighted by molar-refractivity contribution is 0.321. The Morgan fingerprint density at radius 3 is 2.32 bits per heavy atom. The van der Waals surface area contributed by atoms with Gasteiger partial charge < -0.3 is 20.1 Å². The molecule has 2 aromatic rings. The first kappa shape index (κ1) is 21.1. The molecule has 2 rings (SSSR count). The summed E-state index contributed by atoms with van der Waals surface area (Å²) in [4.78, 5) is 4.22. The minimum absolute atomic E-state index is 0. The molecule has 136 valence electrons. The molecule has 0 aliphatic heterocycles. The SMILES string of the molecule is CN=C(NCCOc1ccc(OC)cc1)NCc1ccccc1C.I. The van der Waals surface area contributed by atoms with Crippen LogP contribution in [0.2, 0.25) is 0 Å². The molecule has 0 heterocycles. The molecule has 2 N–H and O–H groups in total. The molecule has 0 atom stereocenters. The predicted octanol–water partition coefficient (Wildman–Crippen LogP) is 3.37. The second kappa shape index (κ2) is 11.6. The average Bonchev–Trinajstić information content (AvgIpc) is 2.63. The van der Waals surface area contributed by atoms with Gasteiger partial charge in [0.15, 0.2) is 5.96 Å². The average molecular weight is 455 g/mol. The largest absolute Gasteiger partial charge is 0.497 e. The molecular formula is C19H26IN3O2. The van der Waals surface area contributed by atoms with Gasteiger partial charge in [-0.2, -0.15) is 0 Å². The number of halogens is 1. The van der Waals surface area contributed by atoms with Gasteiger partial charge in [0, 0.05) is 13.6 Å². The number of rotatable bonds is 7. The lowest BCUT2D eigenvalue weighted by atomic mass is 10.1. The third-order valence-electron chi connectivity index (χ3n) is 3.65. The molecular weight excluding hydrogens is 429 g/mol. The van der Waals surface area contributed by atoms with Crippen molar-refractivity contribution >= 4 is 29.9 Å². The molecule has 0 radical (unpaired) electrons. The van der Waals surface area contributed by atoms with E-state index in [1.54, 1.807) is 14.2 Å². The molecule has 0 bridgehead atoms. The molecule has 6 heteroatoms. The summed E-state index contributed by atoms with van der Waals surface area (Å²) in [7, 11) is 3.41. The Morgan fingerprint density at radius 1 is 1.00 bits per heavy atom. The highest BCUT2D eigenvalue weighted by atomic mass is 127. The van der Waals surface area contributed by atoms with Crippen LogP contribution in [0.1, 0.15) is 11.1 Å². The van der Waals surface area contributed by atoms with Crippen molar-refractivity contribution in [2.45, 2.75) is 13.5 Å².